The number of nitrogens with zero attached hydrogens (tertiary/aromatic N) is 4. The Morgan fingerprint density at radius 2 is 1.00 bits per heavy atom. The molecular weight excluding hydrogens is 683 g/mol. The van der Waals surface area contributed by atoms with Gasteiger partial charge in [0.1, 0.15) is 11.9 Å². The van der Waals surface area contributed by atoms with E-state index in [-0.39, 0.29) is 44.2 Å². The Labute approximate surface area is 211 Å². The maximum absolute atomic E-state index is 14.2. The Balaban J connectivity index is 0.00000361. The van der Waals surface area contributed by atoms with Crippen molar-refractivity contribution in [1.82, 2.24) is 19.9 Å². The molecule has 0 aliphatic carbocycles. The Hall–Kier alpha value is -3.47. The van der Waals surface area contributed by atoms with Gasteiger partial charge in [-0.15, -0.1) is 24.3 Å². The number of hydrogen-bond acceptors (Lipinski definition) is 5. The van der Waals surface area contributed by atoms with E-state index in [0.29, 0.717) is 12.1 Å². The maximum Gasteiger partial charge on any atom is 2.00 e. The van der Waals surface area contributed by atoms with E-state index in [0.717, 1.165) is 0 Å². The van der Waals surface area contributed by atoms with Crippen LogP contribution in [0.25, 0.3) is 22.5 Å². The molecule has 0 N–H and O–H groups in total. The van der Waals surface area contributed by atoms with Crippen LogP contribution in [0.5, 0.6) is 11.8 Å². The molecule has 0 unspecified atom stereocenters. The molecule has 0 saturated carbocycles. The average molecular weight is 691 g/mol. The molecule has 4 aromatic rings. The molecule has 0 bridgehead atoms. The van der Waals surface area contributed by atoms with Crippen molar-refractivity contribution in [3.8, 4) is 34.3 Å². The fourth-order valence-electron chi connectivity index (χ4n) is 2.77. The summed E-state index contributed by atoms with van der Waals surface area (Å²) in [6.45, 7) is 0. The first-order valence-electron chi connectivity index (χ1n) is 9.35. The minimum Gasteiger partial charge on any atom is -0.422 e. The van der Waals surface area contributed by atoms with Crippen molar-refractivity contribution in [2.45, 2.75) is 12.4 Å². The first kappa shape index (κ1) is 27.1. The van der Waals surface area contributed by atoms with Crippen molar-refractivity contribution in [2.24, 2.45) is 0 Å². The summed E-state index contributed by atoms with van der Waals surface area (Å²) in [6.07, 6.45) is -9.71. The maximum atomic E-state index is 14.2. The molecule has 0 aliphatic rings. The zero-order valence-electron chi connectivity index (χ0n) is 17.2. The van der Waals surface area contributed by atoms with E-state index in [2.05, 4.69) is 32.1 Å². The van der Waals surface area contributed by atoms with Crippen LogP contribution in [0.3, 0.4) is 0 Å². The van der Waals surface area contributed by atoms with Crippen molar-refractivity contribution < 1.29 is 60.9 Å². The van der Waals surface area contributed by atoms with Gasteiger partial charge >= 0.3 is 33.4 Å². The van der Waals surface area contributed by atoms with Gasteiger partial charge in [0.2, 0.25) is 11.8 Å². The summed E-state index contributed by atoms with van der Waals surface area (Å²) in [7, 11) is 0. The van der Waals surface area contributed by atoms with Crippen LogP contribution in [-0.2, 0) is 33.4 Å². The molecule has 4 rings (SSSR count). The molecule has 0 fully saturated rings. The second-order valence-electron chi connectivity index (χ2n) is 6.72. The van der Waals surface area contributed by atoms with Gasteiger partial charge in [0.25, 0.3) is 0 Å². The molecule has 0 radical (unpaired) electrons. The Kier molecular flexibility index (Phi) is 7.73. The van der Waals surface area contributed by atoms with Gasteiger partial charge in [0.15, 0.2) is 0 Å². The zero-order valence-corrected chi connectivity index (χ0v) is 19.4. The Morgan fingerprint density at radius 3 is 1.33 bits per heavy atom. The van der Waals surface area contributed by atoms with E-state index in [1.54, 1.807) is 0 Å². The van der Waals surface area contributed by atoms with E-state index >= 15 is 0 Å². The Bertz CT molecular complexity index is 1290. The molecule has 0 amide bonds. The molecule has 188 valence electrons. The number of ether oxygens (including phenoxy) is 1. The summed E-state index contributed by atoms with van der Waals surface area (Å²) in [4.78, 5) is 13.7. The summed E-state index contributed by atoms with van der Waals surface area (Å²) in [5.41, 5.74) is -4.12. The van der Waals surface area contributed by atoms with E-state index in [9.17, 15) is 35.1 Å². The molecule has 0 spiro atoms. The normalized spacial score (nSPS) is 11.7. The molecule has 0 atom stereocenters. The van der Waals surface area contributed by atoms with Crippen LogP contribution in [0, 0.1) is 24.0 Å². The minimum absolute atomic E-state index is 0. The molecule has 0 aliphatic heterocycles. The summed E-state index contributed by atoms with van der Waals surface area (Å²) in [5.74, 6) is -3.25. The summed E-state index contributed by atoms with van der Waals surface area (Å²) in [6, 6.07) is 13.2. The number of alkyl halides is 6. The van der Waals surface area contributed by atoms with Crippen LogP contribution in [-0.4, -0.2) is 19.9 Å². The second-order valence-corrected chi connectivity index (χ2v) is 6.72. The third-order valence-corrected chi connectivity index (χ3v) is 4.31. The zero-order chi connectivity index (χ0) is 25.4. The number of aromatic nitrogens is 4. The van der Waals surface area contributed by atoms with Gasteiger partial charge in [0, 0.05) is 0 Å². The molecule has 4 heterocycles. The van der Waals surface area contributed by atoms with E-state index in [4.69, 9.17) is 4.74 Å². The predicted octanol–water partition coefficient (Wildman–Crippen LogP) is 6.31. The molecule has 0 aromatic carbocycles. The largest absolute Gasteiger partial charge is 2.00 e. The minimum atomic E-state index is -4.86. The second kappa shape index (κ2) is 10.3. The molecule has 4 aromatic heterocycles. The summed E-state index contributed by atoms with van der Waals surface area (Å²) in [5, 5.41) is 0. The summed E-state index contributed by atoms with van der Waals surface area (Å²) < 4.78 is 110. The van der Waals surface area contributed by atoms with Gasteiger partial charge in [-0.2, -0.15) is 26.3 Å². The quantitative estimate of drug-likeness (QED) is 0.143. The van der Waals surface area contributed by atoms with Crippen LogP contribution in [0.4, 0.5) is 35.1 Å². The van der Waals surface area contributed by atoms with Gasteiger partial charge in [0.05, 0.1) is 11.4 Å². The summed E-state index contributed by atoms with van der Waals surface area (Å²) >= 11 is 0. The van der Waals surface area contributed by atoms with Crippen LogP contribution >= 0.6 is 0 Å². The topological polar surface area (TPSA) is 60.8 Å². The third kappa shape index (κ3) is 6.01. The van der Waals surface area contributed by atoms with Crippen LogP contribution in [0.1, 0.15) is 11.4 Å². The number of rotatable bonds is 4. The smallest absolute Gasteiger partial charge is 0.422 e. The molecule has 5 nitrogen and oxygen atoms in total. The molecule has 36 heavy (non-hydrogen) atoms. The Morgan fingerprint density at radius 1 is 0.611 bits per heavy atom. The first-order chi connectivity index (χ1) is 16.4. The van der Waals surface area contributed by atoms with Gasteiger partial charge in [-0.25, -0.2) is 8.78 Å². The average Bonchev–Trinajstić information content (AvgIpc) is 2.78. The van der Waals surface area contributed by atoms with Crippen molar-refractivity contribution in [3.63, 3.8) is 0 Å². The van der Waals surface area contributed by atoms with Gasteiger partial charge in [-0.1, -0.05) is 35.4 Å². The predicted molar refractivity (Wildman–Crippen MR) is 103 cm³/mol. The van der Waals surface area contributed by atoms with Gasteiger partial charge < -0.3 is 14.7 Å². The number of halogens is 8. The number of hydrogen-bond donors (Lipinski definition) is 0. The van der Waals surface area contributed by atoms with Crippen molar-refractivity contribution in [2.75, 3.05) is 0 Å². The van der Waals surface area contributed by atoms with E-state index in [1.807, 2.05) is 0 Å². The molecule has 0 saturated heterocycles. The fourth-order valence-corrected chi connectivity index (χ4v) is 2.77. The standard InChI is InChI=1S/C22H8F8N4O.Pt/c23-19-11(7-9-15(33-19)21(25,26)27)13-3-1-5-17(31-13)35-18-6-2-4-14(32-18)12-8-10-16(22(28,29)30)34-20(12)24;/h1-6,9-10H;/q-2;+2. The van der Waals surface area contributed by atoms with Crippen LogP contribution < -0.4 is 4.74 Å². The van der Waals surface area contributed by atoms with E-state index < -0.39 is 46.8 Å². The fraction of sp³-hybridized carbons (Fsp3) is 0.0909. The van der Waals surface area contributed by atoms with Crippen LogP contribution in [0.15, 0.2) is 48.5 Å². The van der Waals surface area contributed by atoms with Crippen molar-refractivity contribution in [1.29, 1.82) is 0 Å². The first-order valence-corrected chi connectivity index (χ1v) is 9.35. The van der Waals surface area contributed by atoms with Crippen molar-refractivity contribution >= 4 is 0 Å². The molecular formula is C22H8F8N4OPt. The molecule has 14 heteroatoms. The monoisotopic (exact) mass is 691 g/mol. The van der Waals surface area contributed by atoms with Gasteiger partial charge in [-0.3, -0.25) is 9.97 Å². The SMILES string of the molecule is Fc1nc(C(F)(F)F)c[c-]c1-c1cccc(Oc2cccc(-c3[c-]cc(C(F)(F)F)nc3F)n2)n1.[Pt+2]. The number of pyridine rings is 4. The van der Waals surface area contributed by atoms with Gasteiger partial charge in [-0.05, 0) is 23.5 Å². The third-order valence-electron chi connectivity index (χ3n) is 4.31. The van der Waals surface area contributed by atoms with Crippen LogP contribution in [0.2, 0.25) is 0 Å². The van der Waals surface area contributed by atoms with E-state index in [1.165, 1.54) is 36.4 Å². The van der Waals surface area contributed by atoms with Crippen molar-refractivity contribution in [3.05, 3.63) is 83.9 Å².